The molecule has 0 bridgehead atoms. The summed E-state index contributed by atoms with van der Waals surface area (Å²) >= 11 is 0. The summed E-state index contributed by atoms with van der Waals surface area (Å²) in [5.41, 5.74) is 5.87. The molecule has 44 heavy (non-hydrogen) atoms. The molecule has 1 atom stereocenters. The third kappa shape index (κ3) is 8.05. The molecule has 1 aliphatic rings. The van der Waals surface area contributed by atoms with E-state index in [-0.39, 0.29) is 11.8 Å². The Balaban J connectivity index is 1.46. The highest BCUT2D eigenvalue weighted by molar-refractivity contribution is 5.95. The zero-order valence-corrected chi connectivity index (χ0v) is 25.8. The average molecular weight is 588 g/mol. The van der Waals surface area contributed by atoms with E-state index in [4.69, 9.17) is 0 Å². The van der Waals surface area contributed by atoms with Crippen LogP contribution < -0.4 is 0 Å². The van der Waals surface area contributed by atoms with Crippen molar-refractivity contribution in [2.45, 2.75) is 44.8 Å². The fourth-order valence-electron chi connectivity index (χ4n) is 5.70. The molecule has 226 valence electrons. The Kier molecular flexibility index (Phi) is 10.3. The van der Waals surface area contributed by atoms with Crippen molar-refractivity contribution in [1.29, 1.82) is 0 Å². The first-order valence-corrected chi connectivity index (χ1v) is 15.3. The molecule has 0 N–H and O–H groups in total. The molecular formula is C37H41N5O2. The standard InChI is InChI=1S/C37H41N5O2/c1-28-9-14-33(39-26-28)15-16-36(43)42(27-30-10-12-31(13-11-30)32-17-21-38-22-18-32)35(25-29-7-5-4-6-8-29)37(44)41-23-19-34(20-24-41)40(2)3/h4-18,21-22,26,34-35H,19-20,23-25,27H2,1-3H3. The summed E-state index contributed by atoms with van der Waals surface area (Å²) < 4.78 is 0. The maximum absolute atomic E-state index is 14.3. The van der Waals surface area contributed by atoms with Gasteiger partial charge in [0.05, 0.1) is 5.69 Å². The minimum absolute atomic E-state index is 0.00493. The number of hydrogen-bond acceptors (Lipinski definition) is 5. The molecule has 0 saturated carbocycles. The zero-order chi connectivity index (χ0) is 30.9. The number of aromatic nitrogens is 2. The highest BCUT2D eigenvalue weighted by Gasteiger charge is 2.34. The number of pyridine rings is 2. The topological polar surface area (TPSA) is 69.6 Å². The number of benzene rings is 2. The van der Waals surface area contributed by atoms with Crippen molar-refractivity contribution < 1.29 is 9.59 Å². The van der Waals surface area contributed by atoms with Crippen molar-refractivity contribution in [1.82, 2.24) is 24.7 Å². The van der Waals surface area contributed by atoms with Crippen LogP contribution in [0.2, 0.25) is 0 Å². The Bertz CT molecular complexity index is 1530. The van der Waals surface area contributed by atoms with Gasteiger partial charge >= 0.3 is 0 Å². The summed E-state index contributed by atoms with van der Waals surface area (Å²) in [4.78, 5) is 42.9. The van der Waals surface area contributed by atoms with Gasteiger partial charge in [-0.2, -0.15) is 0 Å². The number of piperidine rings is 1. The second-order valence-electron chi connectivity index (χ2n) is 11.7. The van der Waals surface area contributed by atoms with Gasteiger partial charge in [0.15, 0.2) is 0 Å². The number of nitrogens with zero attached hydrogens (tertiary/aromatic N) is 5. The van der Waals surface area contributed by atoms with Crippen molar-refractivity contribution in [3.05, 3.63) is 126 Å². The van der Waals surface area contributed by atoms with Gasteiger partial charge in [-0.1, -0.05) is 60.7 Å². The summed E-state index contributed by atoms with van der Waals surface area (Å²) in [5, 5.41) is 0. The number of amides is 2. The summed E-state index contributed by atoms with van der Waals surface area (Å²) in [7, 11) is 4.19. The predicted molar refractivity (Wildman–Crippen MR) is 175 cm³/mol. The molecule has 2 amide bonds. The van der Waals surface area contributed by atoms with Crippen molar-refractivity contribution in [2.75, 3.05) is 27.2 Å². The Hall–Kier alpha value is -4.62. The number of likely N-dealkylation sites (tertiary alicyclic amines) is 1. The minimum Gasteiger partial charge on any atom is -0.341 e. The summed E-state index contributed by atoms with van der Waals surface area (Å²) in [6.45, 7) is 3.64. The smallest absolute Gasteiger partial charge is 0.247 e. The molecule has 2 aromatic heterocycles. The fraction of sp³-hybridized carbons (Fsp3) is 0.297. The highest BCUT2D eigenvalue weighted by Crippen LogP contribution is 2.23. The van der Waals surface area contributed by atoms with E-state index in [1.807, 2.05) is 78.6 Å². The van der Waals surface area contributed by atoms with E-state index in [0.29, 0.717) is 37.8 Å². The monoisotopic (exact) mass is 587 g/mol. The van der Waals surface area contributed by atoms with Crippen LogP contribution in [-0.2, 0) is 22.6 Å². The molecule has 5 rings (SSSR count). The van der Waals surface area contributed by atoms with Gasteiger partial charge < -0.3 is 14.7 Å². The van der Waals surface area contributed by atoms with Crippen LogP contribution in [0.4, 0.5) is 0 Å². The normalized spacial score (nSPS) is 14.6. The van der Waals surface area contributed by atoms with Gasteiger partial charge in [0.25, 0.3) is 0 Å². The Labute approximate surface area is 260 Å². The van der Waals surface area contributed by atoms with Crippen LogP contribution in [0.25, 0.3) is 17.2 Å². The summed E-state index contributed by atoms with van der Waals surface area (Å²) in [6.07, 6.45) is 10.9. The summed E-state index contributed by atoms with van der Waals surface area (Å²) in [5.74, 6) is -0.224. The quantitative estimate of drug-likeness (QED) is 0.224. The fourth-order valence-corrected chi connectivity index (χ4v) is 5.70. The third-order valence-corrected chi connectivity index (χ3v) is 8.37. The van der Waals surface area contributed by atoms with E-state index in [1.54, 1.807) is 35.6 Å². The molecule has 4 aromatic rings. The third-order valence-electron chi connectivity index (χ3n) is 8.37. The number of hydrogen-bond donors (Lipinski definition) is 0. The SMILES string of the molecule is Cc1ccc(C=CC(=O)N(Cc2ccc(-c3ccncc3)cc2)C(Cc2ccccc2)C(=O)N2CCC(N(C)C)CC2)nc1. The number of aryl methyl sites for hydroxylation is 1. The number of carbonyl (C=O) groups excluding carboxylic acids is 2. The van der Waals surface area contributed by atoms with Crippen molar-refractivity contribution >= 4 is 17.9 Å². The van der Waals surface area contributed by atoms with Crippen molar-refractivity contribution in [2.24, 2.45) is 0 Å². The van der Waals surface area contributed by atoms with E-state index < -0.39 is 6.04 Å². The molecule has 0 aliphatic carbocycles. The molecule has 0 radical (unpaired) electrons. The van der Waals surface area contributed by atoms with Gasteiger partial charge in [0, 0.05) is 56.8 Å². The predicted octanol–water partition coefficient (Wildman–Crippen LogP) is 5.66. The van der Waals surface area contributed by atoms with Crippen LogP contribution in [-0.4, -0.2) is 75.8 Å². The van der Waals surface area contributed by atoms with Crippen LogP contribution in [0.15, 0.2) is 104 Å². The Morgan fingerprint density at radius 3 is 2.20 bits per heavy atom. The lowest BCUT2D eigenvalue weighted by Crippen LogP contribution is -2.54. The molecular weight excluding hydrogens is 546 g/mol. The molecule has 3 heterocycles. The van der Waals surface area contributed by atoms with Crippen molar-refractivity contribution in [3.63, 3.8) is 0 Å². The Morgan fingerprint density at radius 2 is 1.57 bits per heavy atom. The molecule has 1 saturated heterocycles. The molecule has 1 fully saturated rings. The van der Waals surface area contributed by atoms with Crippen LogP contribution >= 0.6 is 0 Å². The first-order chi connectivity index (χ1) is 21.4. The van der Waals surface area contributed by atoms with Gasteiger partial charge in [-0.3, -0.25) is 19.6 Å². The lowest BCUT2D eigenvalue weighted by atomic mass is 9.98. The molecule has 1 aliphatic heterocycles. The Morgan fingerprint density at radius 1 is 0.886 bits per heavy atom. The van der Waals surface area contributed by atoms with Crippen LogP contribution in [0, 0.1) is 6.92 Å². The number of rotatable bonds is 10. The van der Waals surface area contributed by atoms with E-state index >= 15 is 0 Å². The van der Waals surface area contributed by atoms with Crippen LogP contribution in [0.1, 0.15) is 35.2 Å². The maximum Gasteiger partial charge on any atom is 0.247 e. The zero-order valence-electron chi connectivity index (χ0n) is 25.8. The summed E-state index contributed by atoms with van der Waals surface area (Å²) in [6, 6.07) is 25.8. The second kappa shape index (κ2) is 14.7. The van der Waals surface area contributed by atoms with Crippen LogP contribution in [0.5, 0.6) is 0 Å². The maximum atomic E-state index is 14.3. The van der Waals surface area contributed by atoms with Gasteiger partial charge in [-0.15, -0.1) is 0 Å². The molecule has 2 aromatic carbocycles. The van der Waals surface area contributed by atoms with E-state index in [9.17, 15) is 9.59 Å². The van der Waals surface area contributed by atoms with E-state index in [2.05, 4.69) is 41.1 Å². The van der Waals surface area contributed by atoms with Gasteiger partial charge in [0.2, 0.25) is 11.8 Å². The minimum atomic E-state index is -0.656. The van der Waals surface area contributed by atoms with Crippen LogP contribution in [0.3, 0.4) is 0 Å². The van der Waals surface area contributed by atoms with Crippen molar-refractivity contribution in [3.8, 4) is 11.1 Å². The first-order valence-electron chi connectivity index (χ1n) is 15.3. The lowest BCUT2D eigenvalue weighted by molar-refractivity contribution is -0.145. The van der Waals surface area contributed by atoms with Gasteiger partial charge in [0.1, 0.15) is 6.04 Å². The first kappa shape index (κ1) is 30.8. The highest BCUT2D eigenvalue weighted by atomic mass is 16.2. The van der Waals surface area contributed by atoms with E-state index in [1.165, 1.54) is 0 Å². The van der Waals surface area contributed by atoms with Gasteiger partial charge in [-0.05, 0) is 86.0 Å². The molecule has 0 spiro atoms. The number of carbonyl (C=O) groups is 2. The molecule has 7 nitrogen and oxygen atoms in total. The molecule has 7 heteroatoms. The molecule has 1 unspecified atom stereocenters. The van der Waals surface area contributed by atoms with E-state index in [0.717, 1.165) is 40.7 Å². The largest absolute Gasteiger partial charge is 0.341 e. The second-order valence-corrected chi connectivity index (χ2v) is 11.7. The average Bonchev–Trinajstić information content (AvgIpc) is 3.07. The van der Waals surface area contributed by atoms with Gasteiger partial charge in [-0.25, -0.2) is 0 Å². The lowest BCUT2D eigenvalue weighted by Gasteiger charge is -2.39.